The number of nitrogens with zero attached hydrogens (tertiary/aromatic N) is 5. The molecular weight excluding hydrogens is 482 g/mol. The lowest BCUT2D eigenvalue weighted by atomic mass is 9.89. The predicted octanol–water partition coefficient (Wildman–Crippen LogP) is 5.44. The minimum Gasteiger partial charge on any atom is -0.340 e. The number of carbonyl (C=O) groups excluding carboxylic acids is 1. The summed E-state index contributed by atoms with van der Waals surface area (Å²) in [7, 11) is 0. The fourth-order valence-electron chi connectivity index (χ4n) is 5.55. The molecule has 2 aliphatic rings. The standard InChI is InChI=1S/C28H33N7OS/c1-28(2,16-34-10-4-3-5-11-34)27(36)35-12-8-19(9-13-35)23-15-21-25(29-17-30-26(21)33-23)32-20-6-7-22-24(14-20)37-18-31-22/h6-8,14-15,17-18H,3-5,9-13,16H2,1-2H3,(H2,29,30,32,33). The van der Waals surface area contributed by atoms with Gasteiger partial charge in [-0.05, 0) is 76.0 Å². The Morgan fingerprint density at radius 3 is 2.78 bits per heavy atom. The lowest BCUT2D eigenvalue weighted by molar-refractivity contribution is -0.141. The van der Waals surface area contributed by atoms with Crippen LogP contribution in [-0.2, 0) is 4.79 Å². The first kappa shape index (κ1) is 24.1. The Labute approximate surface area is 220 Å². The van der Waals surface area contributed by atoms with Crippen molar-refractivity contribution in [3.63, 3.8) is 0 Å². The molecular formula is C28H33N7OS. The third-order valence-electron chi connectivity index (χ3n) is 7.51. The highest BCUT2D eigenvalue weighted by Crippen LogP contribution is 2.31. The monoisotopic (exact) mass is 515 g/mol. The number of hydrogen-bond donors (Lipinski definition) is 2. The van der Waals surface area contributed by atoms with Gasteiger partial charge in [0.2, 0.25) is 5.91 Å². The van der Waals surface area contributed by atoms with Crippen molar-refractivity contribution < 1.29 is 4.79 Å². The molecule has 192 valence electrons. The Kier molecular flexibility index (Phi) is 6.42. The van der Waals surface area contributed by atoms with Gasteiger partial charge in [-0.3, -0.25) is 4.79 Å². The molecule has 0 saturated carbocycles. The van der Waals surface area contributed by atoms with Gasteiger partial charge >= 0.3 is 0 Å². The van der Waals surface area contributed by atoms with Crippen LogP contribution in [0, 0.1) is 5.41 Å². The van der Waals surface area contributed by atoms with Crippen LogP contribution in [0.2, 0.25) is 0 Å². The molecule has 0 atom stereocenters. The van der Waals surface area contributed by atoms with Gasteiger partial charge in [0, 0.05) is 31.0 Å². The highest BCUT2D eigenvalue weighted by atomic mass is 32.1. The fraction of sp³-hybridized carbons (Fsp3) is 0.429. The molecule has 0 radical (unpaired) electrons. The number of aromatic nitrogens is 4. The second-order valence-corrected chi connectivity index (χ2v) is 11.7. The van der Waals surface area contributed by atoms with Gasteiger partial charge in [-0.1, -0.05) is 12.5 Å². The molecule has 3 aromatic heterocycles. The van der Waals surface area contributed by atoms with E-state index in [1.165, 1.54) is 24.8 Å². The fourth-order valence-corrected chi connectivity index (χ4v) is 6.27. The van der Waals surface area contributed by atoms with Gasteiger partial charge in [0.1, 0.15) is 17.8 Å². The third-order valence-corrected chi connectivity index (χ3v) is 8.30. The van der Waals surface area contributed by atoms with Gasteiger partial charge in [-0.25, -0.2) is 15.0 Å². The number of hydrogen-bond acceptors (Lipinski definition) is 7. The zero-order valence-corrected chi connectivity index (χ0v) is 22.3. The van der Waals surface area contributed by atoms with Crippen LogP contribution in [0.3, 0.4) is 0 Å². The molecule has 37 heavy (non-hydrogen) atoms. The number of benzene rings is 1. The van der Waals surface area contributed by atoms with Crippen LogP contribution in [0.15, 0.2) is 42.2 Å². The van der Waals surface area contributed by atoms with Crippen LogP contribution in [0.25, 0.3) is 26.8 Å². The zero-order chi connectivity index (χ0) is 25.4. The average Bonchev–Trinajstić information content (AvgIpc) is 3.56. The summed E-state index contributed by atoms with van der Waals surface area (Å²) in [5.74, 6) is 1.02. The van der Waals surface area contributed by atoms with Crippen LogP contribution in [0.5, 0.6) is 0 Å². The summed E-state index contributed by atoms with van der Waals surface area (Å²) in [6.07, 6.45) is 8.37. The topological polar surface area (TPSA) is 90.0 Å². The SMILES string of the molecule is CC(C)(CN1CCCCC1)C(=O)N1CC=C(c2cc3c(Nc4ccc5ncsc5c4)ncnc3[nH]2)CC1. The Morgan fingerprint density at radius 2 is 1.97 bits per heavy atom. The van der Waals surface area contributed by atoms with E-state index in [4.69, 9.17) is 0 Å². The quantitative estimate of drug-likeness (QED) is 0.355. The molecule has 5 heterocycles. The molecule has 9 heteroatoms. The van der Waals surface area contributed by atoms with Crippen molar-refractivity contribution in [2.24, 2.45) is 5.41 Å². The van der Waals surface area contributed by atoms with Crippen LogP contribution < -0.4 is 5.32 Å². The number of nitrogens with one attached hydrogen (secondary N) is 2. The number of rotatable bonds is 6. The Morgan fingerprint density at radius 1 is 1.11 bits per heavy atom. The van der Waals surface area contributed by atoms with E-state index in [0.717, 1.165) is 71.0 Å². The minimum absolute atomic E-state index is 0.250. The van der Waals surface area contributed by atoms with Gasteiger partial charge in [-0.15, -0.1) is 11.3 Å². The number of carbonyl (C=O) groups is 1. The summed E-state index contributed by atoms with van der Waals surface area (Å²) in [6.45, 7) is 8.63. The van der Waals surface area contributed by atoms with Gasteiger partial charge in [0.15, 0.2) is 0 Å². The van der Waals surface area contributed by atoms with E-state index >= 15 is 0 Å². The predicted molar refractivity (Wildman–Crippen MR) is 150 cm³/mol. The highest BCUT2D eigenvalue weighted by molar-refractivity contribution is 7.16. The van der Waals surface area contributed by atoms with Crippen molar-refractivity contribution in [3.05, 3.63) is 47.9 Å². The van der Waals surface area contributed by atoms with Crippen LogP contribution in [-0.4, -0.2) is 68.4 Å². The first-order valence-electron chi connectivity index (χ1n) is 13.1. The molecule has 0 bridgehead atoms. The second-order valence-electron chi connectivity index (χ2n) is 10.8. The smallest absolute Gasteiger partial charge is 0.229 e. The summed E-state index contributed by atoms with van der Waals surface area (Å²) in [6, 6.07) is 8.25. The van der Waals surface area contributed by atoms with Crippen molar-refractivity contribution >= 4 is 55.6 Å². The van der Waals surface area contributed by atoms with Crippen LogP contribution in [0.4, 0.5) is 11.5 Å². The third kappa shape index (κ3) is 4.98. The van der Waals surface area contributed by atoms with Crippen LogP contribution >= 0.6 is 11.3 Å². The molecule has 0 aliphatic carbocycles. The first-order valence-corrected chi connectivity index (χ1v) is 14.0. The first-order chi connectivity index (χ1) is 18.0. The highest BCUT2D eigenvalue weighted by Gasteiger charge is 2.34. The van der Waals surface area contributed by atoms with Crippen molar-refractivity contribution in [2.75, 3.05) is 38.0 Å². The van der Waals surface area contributed by atoms with Crippen molar-refractivity contribution in [1.82, 2.24) is 29.7 Å². The summed E-state index contributed by atoms with van der Waals surface area (Å²) in [5, 5.41) is 4.40. The lowest BCUT2D eigenvalue weighted by Gasteiger charge is -2.38. The molecule has 1 saturated heterocycles. The number of anilines is 2. The Hall–Kier alpha value is -3.30. The Balaban J connectivity index is 1.16. The number of piperidine rings is 1. The van der Waals surface area contributed by atoms with E-state index in [1.807, 2.05) is 22.5 Å². The van der Waals surface area contributed by atoms with Gasteiger partial charge in [-0.2, -0.15) is 0 Å². The number of amides is 1. The number of fused-ring (bicyclic) bond motifs is 2. The van der Waals surface area contributed by atoms with E-state index < -0.39 is 0 Å². The Bertz CT molecular complexity index is 1460. The molecule has 2 aliphatic heterocycles. The van der Waals surface area contributed by atoms with Gasteiger partial charge < -0.3 is 20.1 Å². The molecule has 1 aromatic carbocycles. The molecule has 6 rings (SSSR count). The maximum Gasteiger partial charge on any atom is 0.229 e. The van der Waals surface area contributed by atoms with E-state index in [2.05, 4.69) is 62.2 Å². The van der Waals surface area contributed by atoms with E-state index in [-0.39, 0.29) is 11.3 Å². The molecule has 1 fully saturated rings. The van der Waals surface area contributed by atoms with E-state index in [9.17, 15) is 4.79 Å². The summed E-state index contributed by atoms with van der Waals surface area (Å²) >= 11 is 1.62. The average molecular weight is 516 g/mol. The lowest BCUT2D eigenvalue weighted by Crippen LogP contribution is -2.49. The van der Waals surface area contributed by atoms with Gasteiger partial charge in [0.25, 0.3) is 0 Å². The number of aromatic amines is 1. The molecule has 2 N–H and O–H groups in total. The van der Waals surface area contributed by atoms with Gasteiger partial charge in [0.05, 0.1) is 26.5 Å². The van der Waals surface area contributed by atoms with E-state index in [0.29, 0.717) is 6.54 Å². The largest absolute Gasteiger partial charge is 0.340 e. The maximum atomic E-state index is 13.4. The summed E-state index contributed by atoms with van der Waals surface area (Å²) in [4.78, 5) is 34.7. The van der Waals surface area contributed by atoms with E-state index in [1.54, 1.807) is 17.7 Å². The zero-order valence-electron chi connectivity index (χ0n) is 21.5. The molecule has 0 spiro atoms. The van der Waals surface area contributed by atoms with Crippen molar-refractivity contribution in [1.29, 1.82) is 0 Å². The number of thiazole rings is 1. The summed E-state index contributed by atoms with van der Waals surface area (Å²) in [5.41, 5.74) is 6.51. The molecule has 0 unspecified atom stereocenters. The molecule has 1 amide bonds. The molecule has 8 nitrogen and oxygen atoms in total. The normalized spacial score (nSPS) is 17.4. The second kappa shape index (κ2) is 9.87. The maximum absolute atomic E-state index is 13.4. The molecule has 4 aromatic rings. The van der Waals surface area contributed by atoms with Crippen LogP contribution in [0.1, 0.15) is 45.2 Å². The number of H-pyrrole nitrogens is 1. The van der Waals surface area contributed by atoms with Crippen molar-refractivity contribution in [3.8, 4) is 0 Å². The number of likely N-dealkylation sites (tertiary alicyclic amines) is 1. The van der Waals surface area contributed by atoms with Crippen molar-refractivity contribution in [2.45, 2.75) is 39.5 Å². The minimum atomic E-state index is -0.373. The summed E-state index contributed by atoms with van der Waals surface area (Å²) < 4.78 is 1.13.